The molecular formula is C14H24N4O2. The highest BCUT2D eigenvalue weighted by atomic mass is 16.2. The van der Waals surface area contributed by atoms with Crippen molar-refractivity contribution in [2.45, 2.75) is 53.1 Å². The second kappa shape index (κ2) is 7.07. The molecule has 0 aliphatic heterocycles. The molecule has 0 radical (unpaired) electrons. The minimum atomic E-state index is -0.642. The molecular weight excluding hydrogens is 256 g/mol. The van der Waals surface area contributed by atoms with Crippen LogP contribution in [0.2, 0.25) is 0 Å². The van der Waals surface area contributed by atoms with Crippen LogP contribution in [0.25, 0.3) is 0 Å². The fourth-order valence-corrected chi connectivity index (χ4v) is 2.04. The second-order valence-corrected chi connectivity index (χ2v) is 5.45. The largest absolute Gasteiger partial charge is 0.368 e. The Labute approximate surface area is 119 Å². The highest BCUT2D eigenvalue weighted by molar-refractivity contribution is 5.97. The molecule has 1 heterocycles. The van der Waals surface area contributed by atoms with Gasteiger partial charge in [-0.25, -0.2) is 0 Å². The maximum absolute atomic E-state index is 12.2. The molecule has 0 aliphatic rings. The first-order chi connectivity index (χ1) is 9.35. The SMILES string of the molecule is CCCn1cc(C(=O)N[C@@H](CC(C)C)C(N)=O)c(C)n1. The molecule has 3 N–H and O–H groups in total. The molecule has 112 valence electrons. The van der Waals surface area contributed by atoms with Gasteiger partial charge in [-0.05, 0) is 25.7 Å². The maximum Gasteiger partial charge on any atom is 0.255 e. The summed E-state index contributed by atoms with van der Waals surface area (Å²) < 4.78 is 1.74. The Hall–Kier alpha value is -1.85. The number of aromatic nitrogens is 2. The molecule has 0 saturated heterocycles. The highest BCUT2D eigenvalue weighted by Crippen LogP contribution is 2.09. The van der Waals surface area contributed by atoms with Crippen molar-refractivity contribution >= 4 is 11.8 Å². The summed E-state index contributed by atoms with van der Waals surface area (Å²) in [5.74, 6) is -0.531. The lowest BCUT2D eigenvalue weighted by Crippen LogP contribution is -2.45. The van der Waals surface area contributed by atoms with Crippen molar-refractivity contribution in [3.05, 3.63) is 17.5 Å². The molecule has 0 aromatic carbocycles. The van der Waals surface area contributed by atoms with Crippen LogP contribution in [0.5, 0.6) is 0 Å². The van der Waals surface area contributed by atoms with Crippen molar-refractivity contribution in [3.63, 3.8) is 0 Å². The monoisotopic (exact) mass is 280 g/mol. The lowest BCUT2D eigenvalue weighted by molar-refractivity contribution is -0.120. The number of nitrogens with one attached hydrogen (secondary N) is 1. The van der Waals surface area contributed by atoms with E-state index in [0.29, 0.717) is 17.7 Å². The van der Waals surface area contributed by atoms with Gasteiger partial charge in [0.2, 0.25) is 5.91 Å². The minimum absolute atomic E-state index is 0.275. The van der Waals surface area contributed by atoms with Crippen LogP contribution in [0.1, 0.15) is 49.7 Å². The molecule has 20 heavy (non-hydrogen) atoms. The number of hydrogen-bond donors (Lipinski definition) is 2. The number of aryl methyl sites for hydroxylation is 2. The van der Waals surface area contributed by atoms with Gasteiger partial charge in [-0.15, -0.1) is 0 Å². The Balaban J connectivity index is 2.80. The van der Waals surface area contributed by atoms with E-state index in [0.717, 1.165) is 13.0 Å². The van der Waals surface area contributed by atoms with Gasteiger partial charge in [-0.1, -0.05) is 20.8 Å². The van der Waals surface area contributed by atoms with Crippen LogP contribution in [-0.4, -0.2) is 27.6 Å². The van der Waals surface area contributed by atoms with E-state index in [4.69, 9.17) is 5.73 Å². The number of rotatable bonds is 7. The maximum atomic E-state index is 12.2. The average Bonchev–Trinajstić information content (AvgIpc) is 2.69. The molecule has 0 aliphatic carbocycles. The fraction of sp³-hybridized carbons (Fsp3) is 0.643. The zero-order valence-electron chi connectivity index (χ0n) is 12.6. The Kier molecular flexibility index (Phi) is 5.73. The van der Waals surface area contributed by atoms with E-state index >= 15 is 0 Å². The summed E-state index contributed by atoms with van der Waals surface area (Å²) in [6, 6.07) is -0.642. The van der Waals surface area contributed by atoms with Crippen LogP contribution in [0.3, 0.4) is 0 Å². The third kappa shape index (κ3) is 4.36. The molecule has 0 spiro atoms. The lowest BCUT2D eigenvalue weighted by Gasteiger charge is -2.17. The van der Waals surface area contributed by atoms with Gasteiger partial charge in [0, 0.05) is 12.7 Å². The summed E-state index contributed by atoms with van der Waals surface area (Å²) in [5, 5.41) is 6.97. The molecule has 1 aromatic heterocycles. The molecule has 0 unspecified atom stereocenters. The van der Waals surface area contributed by atoms with Gasteiger partial charge >= 0.3 is 0 Å². The Morgan fingerprint density at radius 2 is 2.10 bits per heavy atom. The zero-order chi connectivity index (χ0) is 15.3. The number of nitrogens with zero attached hydrogens (tertiary/aromatic N) is 2. The van der Waals surface area contributed by atoms with Crippen molar-refractivity contribution in [2.24, 2.45) is 11.7 Å². The molecule has 0 bridgehead atoms. The van der Waals surface area contributed by atoms with E-state index in [-0.39, 0.29) is 11.8 Å². The van der Waals surface area contributed by atoms with Gasteiger partial charge < -0.3 is 11.1 Å². The normalized spacial score (nSPS) is 12.4. The standard InChI is InChI=1S/C14H24N4O2/c1-5-6-18-8-11(10(4)17-18)14(20)16-12(13(15)19)7-9(2)3/h8-9,12H,5-7H2,1-4H3,(H2,15,19)(H,16,20)/t12-/m0/s1. The molecule has 2 amide bonds. The van der Waals surface area contributed by atoms with Crippen LogP contribution < -0.4 is 11.1 Å². The van der Waals surface area contributed by atoms with Crippen LogP contribution in [-0.2, 0) is 11.3 Å². The van der Waals surface area contributed by atoms with Gasteiger partial charge in [-0.2, -0.15) is 5.10 Å². The predicted molar refractivity (Wildman–Crippen MR) is 77.2 cm³/mol. The summed E-state index contributed by atoms with van der Waals surface area (Å²) in [6.45, 7) is 8.55. The minimum Gasteiger partial charge on any atom is -0.368 e. The summed E-state index contributed by atoms with van der Waals surface area (Å²) >= 11 is 0. The van der Waals surface area contributed by atoms with Crippen LogP contribution >= 0.6 is 0 Å². The lowest BCUT2D eigenvalue weighted by atomic mass is 10.0. The zero-order valence-corrected chi connectivity index (χ0v) is 12.6. The Morgan fingerprint density at radius 3 is 2.60 bits per heavy atom. The first-order valence-corrected chi connectivity index (χ1v) is 6.99. The van der Waals surface area contributed by atoms with Crippen molar-refractivity contribution in [1.82, 2.24) is 15.1 Å². The quantitative estimate of drug-likeness (QED) is 0.787. The van der Waals surface area contributed by atoms with E-state index in [1.54, 1.807) is 17.8 Å². The number of carbonyl (C=O) groups excluding carboxylic acids is 2. The van der Waals surface area contributed by atoms with E-state index in [1.165, 1.54) is 0 Å². The smallest absolute Gasteiger partial charge is 0.255 e. The topological polar surface area (TPSA) is 90.0 Å². The van der Waals surface area contributed by atoms with Gasteiger partial charge in [-0.3, -0.25) is 14.3 Å². The third-order valence-electron chi connectivity index (χ3n) is 3.00. The van der Waals surface area contributed by atoms with Crippen LogP contribution in [0.15, 0.2) is 6.20 Å². The summed E-state index contributed by atoms with van der Waals surface area (Å²) in [7, 11) is 0. The van der Waals surface area contributed by atoms with Crippen molar-refractivity contribution in [1.29, 1.82) is 0 Å². The van der Waals surface area contributed by atoms with E-state index < -0.39 is 11.9 Å². The first kappa shape index (κ1) is 16.2. The predicted octanol–water partition coefficient (Wildman–Crippen LogP) is 1.23. The Morgan fingerprint density at radius 1 is 1.45 bits per heavy atom. The molecule has 0 fully saturated rings. The molecule has 6 heteroatoms. The second-order valence-electron chi connectivity index (χ2n) is 5.45. The van der Waals surface area contributed by atoms with Gasteiger partial charge in [0.1, 0.15) is 6.04 Å². The van der Waals surface area contributed by atoms with Crippen LogP contribution in [0.4, 0.5) is 0 Å². The van der Waals surface area contributed by atoms with Crippen molar-refractivity contribution < 1.29 is 9.59 Å². The van der Waals surface area contributed by atoms with Gasteiger partial charge in [0.25, 0.3) is 5.91 Å². The Bertz CT molecular complexity index is 480. The van der Waals surface area contributed by atoms with E-state index in [2.05, 4.69) is 10.4 Å². The number of nitrogens with two attached hydrogens (primary N) is 1. The number of amides is 2. The van der Waals surface area contributed by atoms with E-state index in [9.17, 15) is 9.59 Å². The fourth-order valence-electron chi connectivity index (χ4n) is 2.04. The number of hydrogen-bond acceptors (Lipinski definition) is 3. The molecule has 1 rings (SSSR count). The van der Waals surface area contributed by atoms with Crippen molar-refractivity contribution in [3.8, 4) is 0 Å². The number of primary amides is 1. The highest BCUT2D eigenvalue weighted by Gasteiger charge is 2.22. The first-order valence-electron chi connectivity index (χ1n) is 6.99. The summed E-state index contributed by atoms with van der Waals surface area (Å²) in [4.78, 5) is 23.6. The molecule has 1 atom stereocenters. The van der Waals surface area contributed by atoms with Crippen molar-refractivity contribution in [2.75, 3.05) is 0 Å². The molecule has 1 aromatic rings. The summed E-state index contributed by atoms with van der Waals surface area (Å²) in [5.41, 5.74) is 6.48. The van der Waals surface area contributed by atoms with E-state index in [1.807, 2.05) is 20.8 Å². The average molecular weight is 280 g/mol. The van der Waals surface area contributed by atoms with Gasteiger partial charge in [0.05, 0.1) is 11.3 Å². The molecule has 6 nitrogen and oxygen atoms in total. The number of carbonyl (C=O) groups is 2. The van der Waals surface area contributed by atoms with Gasteiger partial charge in [0.15, 0.2) is 0 Å². The molecule has 0 saturated carbocycles. The van der Waals surface area contributed by atoms with Crippen LogP contribution in [0, 0.1) is 12.8 Å². The third-order valence-corrected chi connectivity index (χ3v) is 3.00. The summed E-state index contributed by atoms with van der Waals surface area (Å²) in [6.07, 6.45) is 3.18.